The summed E-state index contributed by atoms with van der Waals surface area (Å²) in [5, 5.41) is 11.7. The number of rotatable bonds is 3. The lowest BCUT2D eigenvalue weighted by atomic mass is 9.95. The Morgan fingerprint density at radius 2 is 1.89 bits per heavy atom. The topological polar surface area (TPSA) is 52.9 Å². The SMILES string of the molecule is N#Cc1ccc(C=CC(=O)NC2CCCCC2)cc1. The summed E-state index contributed by atoms with van der Waals surface area (Å²) in [6.45, 7) is 0. The minimum absolute atomic E-state index is 0.0312. The van der Waals surface area contributed by atoms with E-state index in [-0.39, 0.29) is 5.91 Å². The fourth-order valence-corrected chi connectivity index (χ4v) is 2.34. The monoisotopic (exact) mass is 254 g/mol. The minimum atomic E-state index is -0.0312. The van der Waals surface area contributed by atoms with Gasteiger partial charge in [-0.05, 0) is 36.6 Å². The normalized spacial score (nSPS) is 16.2. The lowest BCUT2D eigenvalue weighted by Gasteiger charge is -2.21. The van der Waals surface area contributed by atoms with Crippen LogP contribution in [0.15, 0.2) is 30.3 Å². The number of benzene rings is 1. The molecule has 0 bridgehead atoms. The van der Waals surface area contributed by atoms with Crippen LogP contribution in [0.5, 0.6) is 0 Å². The van der Waals surface area contributed by atoms with Crippen molar-refractivity contribution in [3.8, 4) is 6.07 Å². The van der Waals surface area contributed by atoms with E-state index in [1.165, 1.54) is 19.3 Å². The summed E-state index contributed by atoms with van der Waals surface area (Å²) in [5.41, 5.74) is 1.56. The molecule has 3 nitrogen and oxygen atoms in total. The molecule has 3 heteroatoms. The molecule has 1 N–H and O–H groups in total. The lowest BCUT2D eigenvalue weighted by Crippen LogP contribution is -2.34. The summed E-state index contributed by atoms with van der Waals surface area (Å²) in [5.74, 6) is -0.0312. The number of nitriles is 1. The average molecular weight is 254 g/mol. The van der Waals surface area contributed by atoms with E-state index in [9.17, 15) is 4.79 Å². The van der Waals surface area contributed by atoms with Gasteiger partial charge < -0.3 is 5.32 Å². The van der Waals surface area contributed by atoms with Crippen LogP contribution in [0.2, 0.25) is 0 Å². The smallest absolute Gasteiger partial charge is 0.244 e. The van der Waals surface area contributed by atoms with Gasteiger partial charge in [-0.25, -0.2) is 0 Å². The van der Waals surface area contributed by atoms with Crippen molar-refractivity contribution in [3.05, 3.63) is 41.5 Å². The Morgan fingerprint density at radius 1 is 1.21 bits per heavy atom. The van der Waals surface area contributed by atoms with Crippen molar-refractivity contribution < 1.29 is 4.79 Å². The maximum atomic E-state index is 11.8. The molecular formula is C16H18N2O. The van der Waals surface area contributed by atoms with E-state index in [2.05, 4.69) is 11.4 Å². The molecule has 1 saturated carbocycles. The van der Waals surface area contributed by atoms with Crippen LogP contribution in [-0.2, 0) is 4.79 Å². The molecule has 1 fully saturated rings. The summed E-state index contributed by atoms with van der Waals surface area (Å²) >= 11 is 0. The van der Waals surface area contributed by atoms with Gasteiger partial charge in [0.15, 0.2) is 0 Å². The quantitative estimate of drug-likeness (QED) is 0.843. The summed E-state index contributed by atoms with van der Waals surface area (Å²) in [7, 11) is 0. The van der Waals surface area contributed by atoms with Crippen LogP contribution in [0.1, 0.15) is 43.2 Å². The average Bonchev–Trinajstić information content (AvgIpc) is 2.47. The van der Waals surface area contributed by atoms with Gasteiger partial charge >= 0.3 is 0 Å². The van der Waals surface area contributed by atoms with Crippen molar-refractivity contribution in [2.75, 3.05) is 0 Å². The molecule has 0 heterocycles. The van der Waals surface area contributed by atoms with E-state index in [1.54, 1.807) is 24.3 Å². The highest BCUT2D eigenvalue weighted by Gasteiger charge is 2.13. The van der Waals surface area contributed by atoms with Crippen LogP contribution in [-0.4, -0.2) is 11.9 Å². The molecule has 0 unspecified atom stereocenters. The van der Waals surface area contributed by atoms with Crippen molar-refractivity contribution in [1.29, 1.82) is 5.26 Å². The van der Waals surface area contributed by atoms with E-state index < -0.39 is 0 Å². The first-order valence-electron chi connectivity index (χ1n) is 6.76. The fourth-order valence-electron chi connectivity index (χ4n) is 2.34. The molecule has 98 valence electrons. The molecular weight excluding hydrogens is 236 g/mol. The second-order valence-electron chi connectivity index (χ2n) is 4.91. The first-order chi connectivity index (χ1) is 9.28. The molecule has 0 aromatic heterocycles. The molecule has 1 amide bonds. The van der Waals surface area contributed by atoms with Crippen molar-refractivity contribution in [2.45, 2.75) is 38.1 Å². The molecule has 0 spiro atoms. The van der Waals surface area contributed by atoms with Gasteiger partial charge in [0.1, 0.15) is 0 Å². The number of hydrogen-bond acceptors (Lipinski definition) is 2. The minimum Gasteiger partial charge on any atom is -0.350 e. The van der Waals surface area contributed by atoms with Gasteiger partial charge in [-0.1, -0.05) is 31.4 Å². The van der Waals surface area contributed by atoms with Crippen molar-refractivity contribution >= 4 is 12.0 Å². The highest BCUT2D eigenvalue weighted by atomic mass is 16.1. The second-order valence-corrected chi connectivity index (χ2v) is 4.91. The number of carbonyl (C=O) groups is 1. The lowest BCUT2D eigenvalue weighted by molar-refractivity contribution is -0.117. The van der Waals surface area contributed by atoms with Crippen LogP contribution >= 0.6 is 0 Å². The number of nitrogens with one attached hydrogen (secondary N) is 1. The summed E-state index contributed by atoms with van der Waals surface area (Å²) < 4.78 is 0. The molecule has 0 atom stereocenters. The standard InChI is InChI=1S/C16H18N2O/c17-12-14-8-6-13(7-9-14)10-11-16(19)18-15-4-2-1-3-5-15/h6-11,15H,1-5H2,(H,18,19). The third kappa shape index (κ3) is 4.26. The van der Waals surface area contributed by atoms with Gasteiger partial charge in [-0.3, -0.25) is 4.79 Å². The largest absolute Gasteiger partial charge is 0.350 e. The van der Waals surface area contributed by atoms with Crippen LogP contribution in [0, 0.1) is 11.3 Å². The Hall–Kier alpha value is -2.08. The van der Waals surface area contributed by atoms with Gasteiger partial charge in [0.05, 0.1) is 11.6 Å². The van der Waals surface area contributed by atoms with E-state index in [4.69, 9.17) is 5.26 Å². The summed E-state index contributed by atoms with van der Waals surface area (Å²) in [6, 6.07) is 9.58. The first kappa shape index (κ1) is 13.4. The fraction of sp³-hybridized carbons (Fsp3) is 0.375. The highest BCUT2D eigenvalue weighted by Crippen LogP contribution is 2.17. The zero-order chi connectivity index (χ0) is 13.5. The van der Waals surface area contributed by atoms with Gasteiger partial charge in [0, 0.05) is 12.1 Å². The van der Waals surface area contributed by atoms with Gasteiger partial charge in [0.25, 0.3) is 0 Å². The molecule has 1 aliphatic carbocycles. The third-order valence-electron chi connectivity index (χ3n) is 3.42. The predicted octanol–water partition coefficient (Wildman–Crippen LogP) is 3.02. The van der Waals surface area contributed by atoms with Gasteiger partial charge in [-0.2, -0.15) is 5.26 Å². The Bertz CT molecular complexity index is 490. The van der Waals surface area contributed by atoms with Crippen LogP contribution in [0.4, 0.5) is 0 Å². The molecule has 1 aliphatic rings. The molecule has 0 aliphatic heterocycles. The van der Waals surface area contributed by atoms with Crippen LogP contribution < -0.4 is 5.32 Å². The number of nitrogens with zero attached hydrogens (tertiary/aromatic N) is 1. The van der Waals surface area contributed by atoms with E-state index >= 15 is 0 Å². The highest BCUT2D eigenvalue weighted by molar-refractivity contribution is 5.91. The van der Waals surface area contributed by atoms with Crippen molar-refractivity contribution in [1.82, 2.24) is 5.32 Å². The summed E-state index contributed by atoms with van der Waals surface area (Å²) in [4.78, 5) is 11.8. The molecule has 1 aromatic carbocycles. The number of carbonyl (C=O) groups excluding carboxylic acids is 1. The third-order valence-corrected chi connectivity index (χ3v) is 3.42. The molecule has 1 aromatic rings. The zero-order valence-electron chi connectivity index (χ0n) is 10.9. The Balaban J connectivity index is 1.86. The molecule has 2 rings (SSSR count). The predicted molar refractivity (Wildman–Crippen MR) is 75.2 cm³/mol. The first-order valence-corrected chi connectivity index (χ1v) is 6.76. The second kappa shape index (κ2) is 6.75. The Morgan fingerprint density at radius 3 is 2.53 bits per heavy atom. The van der Waals surface area contributed by atoms with Gasteiger partial charge in [-0.15, -0.1) is 0 Å². The maximum absolute atomic E-state index is 11.8. The van der Waals surface area contributed by atoms with Gasteiger partial charge in [0.2, 0.25) is 5.91 Å². The van der Waals surface area contributed by atoms with Crippen molar-refractivity contribution in [2.24, 2.45) is 0 Å². The zero-order valence-corrected chi connectivity index (χ0v) is 10.9. The van der Waals surface area contributed by atoms with E-state index in [1.807, 2.05) is 12.1 Å². The Kier molecular flexibility index (Phi) is 4.74. The van der Waals surface area contributed by atoms with Crippen LogP contribution in [0.3, 0.4) is 0 Å². The summed E-state index contributed by atoms with van der Waals surface area (Å²) in [6.07, 6.45) is 9.24. The van der Waals surface area contributed by atoms with E-state index in [0.717, 1.165) is 18.4 Å². The molecule has 0 saturated heterocycles. The van der Waals surface area contributed by atoms with Crippen LogP contribution in [0.25, 0.3) is 6.08 Å². The maximum Gasteiger partial charge on any atom is 0.244 e. The van der Waals surface area contributed by atoms with Crippen molar-refractivity contribution in [3.63, 3.8) is 0 Å². The van der Waals surface area contributed by atoms with E-state index in [0.29, 0.717) is 11.6 Å². The molecule has 19 heavy (non-hydrogen) atoms. The number of hydrogen-bond donors (Lipinski definition) is 1. The number of amides is 1. The Labute approximate surface area is 113 Å². The molecule has 0 radical (unpaired) electrons.